The van der Waals surface area contributed by atoms with E-state index in [1.807, 2.05) is 24.3 Å². The van der Waals surface area contributed by atoms with Gasteiger partial charge in [0.05, 0.1) is 12.4 Å². The Kier molecular flexibility index (Phi) is 3.62. The molecule has 1 aliphatic carbocycles. The topological polar surface area (TPSA) is 90.3 Å². The minimum atomic E-state index is -0.675. The third-order valence-electron chi connectivity index (χ3n) is 2.17. The lowest BCUT2D eigenvalue weighted by atomic mass is 10.1. The lowest BCUT2D eigenvalue weighted by molar-refractivity contribution is 0.0326. The molecule has 0 spiro atoms. The molecule has 1 aromatic rings. The quantitative estimate of drug-likeness (QED) is 0.351. The first-order valence-electron chi connectivity index (χ1n) is 4.35. The summed E-state index contributed by atoms with van der Waals surface area (Å²) < 4.78 is 0. The molecule has 0 radical (unpaired) electrons. The third-order valence-corrected chi connectivity index (χ3v) is 2.17. The number of rotatable bonds is 0. The van der Waals surface area contributed by atoms with E-state index < -0.39 is 12.2 Å². The fraction of sp³-hybridized carbons (Fsp3) is 0.300. The standard InChI is InChI=1S/C9H10O2.CH4N2/c10-8-5-6-3-1-2-4-7(6)9(8)11;2-1-3/h1-4,8-11H,5H2;1H,(H3,2,3). The Hall–Kier alpha value is -1.39. The number of nitrogens with one attached hydrogen (secondary N) is 1. The zero-order chi connectivity index (χ0) is 10.6. The van der Waals surface area contributed by atoms with E-state index in [0.717, 1.165) is 17.5 Å². The van der Waals surface area contributed by atoms with Crippen molar-refractivity contribution in [3.8, 4) is 0 Å². The van der Waals surface area contributed by atoms with Crippen molar-refractivity contribution >= 4 is 6.34 Å². The van der Waals surface area contributed by atoms with E-state index in [4.69, 9.17) is 5.41 Å². The van der Waals surface area contributed by atoms with Gasteiger partial charge in [0.15, 0.2) is 0 Å². The zero-order valence-electron chi connectivity index (χ0n) is 7.72. The summed E-state index contributed by atoms with van der Waals surface area (Å²) in [5, 5.41) is 24.5. The van der Waals surface area contributed by atoms with Gasteiger partial charge in [-0.3, -0.25) is 5.41 Å². The minimum Gasteiger partial charge on any atom is -0.390 e. The van der Waals surface area contributed by atoms with Crippen molar-refractivity contribution in [2.75, 3.05) is 0 Å². The number of nitrogens with two attached hydrogens (primary N) is 1. The van der Waals surface area contributed by atoms with Gasteiger partial charge in [-0.2, -0.15) is 0 Å². The van der Waals surface area contributed by atoms with Gasteiger partial charge >= 0.3 is 0 Å². The van der Waals surface area contributed by atoms with Crippen molar-refractivity contribution < 1.29 is 10.2 Å². The van der Waals surface area contributed by atoms with E-state index in [9.17, 15) is 10.2 Å². The molecule has 0 bridgehead atoms. The predicted molar refractivity (Wildman–Crippen MR) is 54.1 cm³/mol. The van der Waals surface area contributed by atoms with Gasteiger partial charge in [-0.1, -0.05) is 24.3 Å². The second kappa shape index (κ2) is 4.74. The third kappa shape index (κ3) is 2.10. The maximum Gasteiger partial charge on any atom is 0.105 e. The highest BCUT2D eigenvalue weighted by Crippen LogP contribution is 2.30. The number of aliphatic hydroxyl groups excluding tert-OH is 2. The smallest absolute Gasteiger partial charge is 0.105 e. The van der Waals surface area contributed by atoms with Crippen LogP contribution in [0.3, 0.4) is 0 Å². The molecule has 2 atom stereocenters. The number of aliphatic hydroxyl groups is 2. The molecule has 14 heavy (non-hydrogen) atoms. The fourth-order valence-electron chi connectivity index (χ4n) is 1.55. The van der Waals surface area contributed by atoms with Gasteiger partial charge in [0.2, 0.25) is 0 Å². The summed E-state index contributed by atoms with van der Waals surface area (Å²) in [4.78, 5) is 0. The maximum absolute atomic E-state index is 9.40. The van der Waals surface area contributed by atoms with Gasteiger partial charge in [0, 0.05) is 6.42 Å². The van der Waals surface area contributed by atoms with Crippen LogP contribution in [-0.2, 0) is 6.42 Å². The Balaban J connectivity index is 0.000000293. The second-order valence-electron chi connectivity index (χ2n) is 3.08. The molecule has 2 unspecified atom stereocenters. The first-order chi connectivity index (χ1) is 6.70. The molecule has 0 heterocycles. The molecular formula is C10H14N2O2. The summed E-state index contributed by atoms with van der Waals surface area (Å²) in [6.45, 7) is 0. The van der Waals surface area contributed by atoms with Crippen LogP contribution in [0.5, 0.6) is 0 Å². The molecule has 0 amide bonds. The fourth-order valence-corrected chi connectivity index (χ4v) is 1.55. The van der Waals surface area contributed by atoms with Crippen LogP contribution < -0.4 is 5.73 Å². The van der Waals surface area contributed by atoms with Crippen LogP contribution in [0.4, 0.5) is 0 Å². The Morgan fingerprint density at radius 1 is 1.36 bits per heavy atom. The molecule has 0 fully saturated rings. The van der Waals surface area contributed by atoms with E-state index in [2.05, 4.69) is 5.73 Å². The van der Waals surface area contributed by atoms with Crippen molar-refractivity contribution in [2.45, 2.75) is 18.6 Å². The number of benzene rings is 1. The molecule has 0 saturated heterocycles. The summed E-state index contributed by atoms with van der Waals surface area (Å²) in [6.07, 6.45) is 0.0516. The van der Waals surface area contributed by atoms with Gasteiger partial charge in [0.25, 0.3) is 0 Å². The highest BCUT2D eigenvalue weighted by atomic mass is 16.3. The van der Waals surface area contributed by atoms with Crippen LogP contribution in [0.2, 0.25) is 0 Å². The molecule has 5 N–H and O–H groups in total. The van der Waals surface area contributed by atoms with E-state index in [0.29, 0.717) is 6.42 Å². The second-order valence-corrected chi connectivity index (χ2v) is 3.08. The summed E-state index contributed by atoms with van der Waals surface area (Å²) in [5.41, 5.74) is 6.33. The van der Waals surface area contributed by atoms with Crippen molar-refractivity contribution in [2.24, 2.45) is 5.73 Å². The summed E-state index contributed by atoms with van der Waals surface area (Å²) >= 11 is 0. The molecule has 1 aliphatic rings. The average molecular weight is 194 g/mol. The number of fused-ring (bicyclic) bond motifs is 1. The van der Waals surface area contributed by atoms with Crippen LogP contribution in [0.15, 0.2) is 24.3 Å². The van der Waals surface area contributed by atoms with Gasteiger partial charge in [0.1, 0.15) is 6.10 Å². The van der Waals surface area contributed by atoms with Crippen molar-refractivity contribution in [1.29, 1.82) is 5.41 Å². The number of hydrogen-bond donors (Lipinski definition) is 4. The van der Waals surface area contributed by atoms with Gasteiger partial charge < -0.3 is 15.9 Å². The summed E-state index contributed by atoms with van der Waals surface area (Å²) in [6, 6.07) is 7.59. The predicted octanol–water partition coefficient (Wildman–Crippen LogP) is 0.189. The summed E-state index contributed by atoms with van der Waals surface area (Å²) in [5.74, 6) is 0. The van der Waals surface area contributed by atoms with Crippen LogP contribution in [0.1, 0.15) is 17.2 Å². The first kappa shape index (κ1) is 10.7. The Bertz CT molecular complexity index is 315. The molecule has 0 aromatic heterocycles. The van der Waals surface area contributed by atoms with Crippen LogP contribution in [0.25, 0.3) is 0 Å². The Morgan fingerprint density at radius 3 is 2.50 bits per heavy atom. The number of hydrogen-bond acceptors (Lipinski definition) is 3. The molecule has 1 aromatic carbocycles. The molecule has 0 saturated carbocycles. The van der Waals surface area contributed by atoms with Crippen LogP contribution >= 0.6 is 0 Å². The molecule has 4 nitrogen and oxygen atoms in total. The zero-order valence-corrected chi connectivity index (χ0v) is 7.72. The maximum atomic E-state index is 9.40. The SMILES string of the molecule is N=CN.OC1Cc2ccccc2C1O. The van der Waals surface area contributed by atoms with Crippen LogP contribution in [-0.4, -0.2) is 22.7 Å². The minimum absolute atomic E-state index is 0.581. The van der Waals surface area contributed by atoms with Crippen molar-refractivity contribution in [1.82, 2.24) is 0 Å². The monoisotopic (exact) mass is 194 g/mol. The normalized spacial score (nSPS) is 23.3. The van der Waals surface area contributed by atoms with E-state index in [-0.39, 0.29) is 0 Å². The summed E-state index contributed by atoms with van der Waals surface area (Å²) in [7, 11) is 0. The van der Waals surface area contributed by atoms with Gasteiger partial charge in [-0.05, 0) is 11.1 Å². The van der Waals surface area contributed by atoms with E-state index >= 15 is 0 Å². The average Bonchev–Trinajstić information content (AvgIpc) is 2.45. The Labute approximate surface area is 82.5 Å². The molecular weight excluding hydrogens is 180 g/mol. The molecule has 4 heteroatoms. The highest BCUT2D eigenvalue weighted by Gasteiger charge is 2.28. The van der Waals surface area contributed by atoms with Gasteiger partial charge in [-0.15, -0.1) is 0 Å². The van der Waals surface area contributed by atoms with Crippen LogP contribution in [0, 0.1) is 5.41 Å². The lowest BCUT2D eigenvalue weighted by Crippen LogP contribution is -2.11. The lowest BCUT2D eigenvalue weighted by Gasteiger charge is -2.06. The largest absolute Gasteiger partial charge is 0.390 e. The highest BCUT2D eigenvalue weighted by molar-refractivity contribution is 5.46. The van der Waals surface area contributed by atoms with E-state index in [1.165, 1.54) is 0 Å². The molecule has 2 rings (SSSR count). The Morgan fingerprint density at radius 2 is 1.93 bits per heavy atom. The van der Waals surface area contributed by atoms with Crippen molar-refractivity contribution in [3.05, 3.63) is 35.4 Å². The first-order valence-corrected chi connectivity index (χ1v) is 4.35. The van der Waals surface area contributed by atoms with E-state index in [1.54, 1.807) is 0 Å². The van der Waals surface area contributed by atoms with Crippen molar-refractivity contribution in [3.63, 3.8) is 0 Å². The van der Waals surface area contributed by atoms with Gasteiger partial charge in [-0.25, -0.2) is 0 Å². The molecule has 76 valence electrons. The molecule has 0 aliphatic heterocycles.